The van der Waals surface area contributed by atoms with Crippen molar-refractivity contribution in [2.45, 2.75) is 31.2 Å². The largest absolute Gasteiger partial charge is 0.416 e. The molecule has 0 bridgehead atoms. The lowest BCUT2D eigenvalue weighted by Crippen LogP contribution is -2.41. The molecule has 116 valence electrons. The zero-order valence-corrected chi connectivity index (χ0v) is 12.6. The summed E-state index contributed by atoms with van der Waals surface area (Å²) in [4.78, 5) is 12.2. The van der Waals surface area contributed by atoms with Gasteiger partial charge in [-0.1, -0.05) is 11.9 Å². The highest BCUT2D eigenvalue weighted by Crippen LogP contribution is 2.33. The highest BCUT2D eigenvalue weighted by Gasteiger charge is 2.34. The molecule has 1 amide bonds. The van der Waals surface area contributed by atoms with Crippen LogP contribution in [0.4, 0.5) is 18.9 Å². The number of carbonyl (C=O) groups excluding carboxylic acids is 1. The molecule has 1 aromatic rings. The topological polar surface area (TPSA) is 32.3 Å². The van der Waals surface area contributed by atoms with Crippen molar-refractivity contribution in [3.05, 3.63) is 29.8 Å². The zero-order chi connectivity index (χ0) is 15.7. The van der Waals surface area contributed by atoms with E-state index in [1.54, 1.807) is 13.8 Å². The van der Waals surface area contributed by atoms with Crippen LogP contribution in [0.1, 0.15) is 25.8 Å². The van der Waals surface area contributed by atoms with Crippen molar-refractivity contribution in [2.24, 2.45) is 0 Å². The van der Waals surface area contributed by atoms with Gasteiger partial charge in [0.15, 0.2) is 0 Å². The van der Waals surface area contributed by atoms with Crippen LogP contribution in [0, 0.1) is 0 Å². The molecule has 1 fully saturated rings. The molecule has 1 saturated heterocycles. The van der Waals surface area contributed by atoms with Crippen molar-refractivity contribution >= 4 is 23.5 Å². The summed E-state index contributed by atoms with van der Waals surface area (Å²) in [6, 6.07) is 4.46. The van der Waals surface area contributed by atoms with Crippen molar-refractivity contribution in [1.29, 1.82) is 0 Å². The number of halogens is 3. The Hall–Kier alpha value is -1.21. The number of rotatable bonds is 4. The summed E-state index contributed by atoms with van der Waals surface area (Å²) in [5, 5.41) is 2.66. The molecule has 21 heavy (non-hydrogen) atoms. The number of carbonyl (C=O) groups is 1. The van der Waals surface area contributed by atoms with Crippen LogP contribution < -0.4 is 5.32 Å². The lowest BCUT2D eigenvalue weighted by molar-refractivity contribution is -0.137. The van der Waals surface area contributed by atoms with Gasteiger partial charge in [-0.3, -0.25) is 4.79 Å². The third-order valence-electron chi connectivity index (χ3n) is 3.19. The minimum Gasteiger partial charge on any atom is -0.325 e. The summed E-state index contributed by atoms with van der Waals surface area (Å²) in [7, 11) is 0. The lowest BCUT2D eigenvalue weighted by Gasteiger charge is -2.35. The highest BCUT2D eigenvalue weighted by molar-refractivity contribution is 7.99. The summed E-state index contributed by atoms with van der Waals surface area (Å²) >= 11 is 1.46. The van der Waals surface area contributed by atoms with Gasteiger partial charge >= 0.3 is 6.18 Å². The Bertz CT molecular complexity index is 510. The molecule has 0 saturated carbocycles. The molecule has 0 aliphatic carbocycles. The van der Waals surface area contributed by atoms with Crippen LogP contribution in [-0.2, 0) is 11.0 Å². The molecule has 0 spiro atoms. The van der Waals surface area contributed by atoms with Crippen molar-refractivity contribution in [1.82, 2.24) is 4.31 Å². The van der Waals surface area contributed by atoms with Gasteiger partial charge in [-0.2, -0.15) is 13.2 Å². The molecule has 0 aromatic heterocycles. The molecule has 0 radical (unpaired) electrons. The molecular formula is C14H17F3N2OS. The average molecular weight is 318 g/mol. The van der Waals surface area contributed by atoms with Crippen molar-refractivity contribution in [3.63, 3.8) is 0 Å². The maximum absolute atomic E-state index is 12.5. The summed E-state index contributed by atoms with van der Waals surface area (Å²) < 4.78 is 38.8. The van der Waals surface area contributed by atoms with E-state index in [4.69, 9.17) is 0 Å². The molecule has 3 nitrogen and oxygen atoms in total. The monoisotopic (exact) mass is 318 g/mol. The van der Waals surface area contributed by atoms with Gasteiger partial charge in [0.2, 0.25) is 5.91 Å². The summed E-state index contributed by atoms with van der Waals surface area (Å²) in [6.45, 7) is 5.52. The second kappa shape index (κ2) is 5.88. The smallest absolute Gasteiger partial charge is 0.325 e. The van der Waals surface area contributed by atoms with Crippen LogP contribution in [0.2, 0.25) is 0 Å². The number of anilines is 1. The second-order valence-electron chi connectivity index (χ2n) is 5.41. The summed E-state index contributed by atoms with van der Waals surface area (Å²) in [5.41, 5.74) is -0.361. The number of alkyl halides is 3. The van der Waals surface area contributed by atoms with Gasteiger partial charge in [0.1, 0.15) is 4.75 Å². The Morgan fingerprint density at radius 1 is 1.19 bits per heavy atom. The molecule has 0 atom stereocenters. The standard InChI is InChI=1S/C14H17F3N2OS/c1-13(2,21-19-8-3-9-19)12(20)18-11-6-4-10(5-7-11)14(15,16)17/h4-7H,3,8-9H2,1-2H3,(H,18,20). The number of nitrogens with zero attached hydrogens (tertiary/aromatic N) is 1. The maximum Gasteiger partial charge on any atom is 0.416 e. The fourth-order valence-corrected chi connectivity index (χ4v) is 2.99. The van der Waals surface area contributed by atoms with E-state index in [-0.39, 0.29) is 5.91 Å². The predicted octanol–water partition coefficient (Wildman–Crippen LogP) is 3.78. The van der Waals surface area contributed by atoms with E-state index in [0.29, 0.717) is 5.69 Å². The number of nitrogens with one attached hydrogen (secondary N) is 1. The van der Waals surface area contributed by atoms with Crippen LogP contribution in [0.3, 0.4) is 0 Å². The summed E-state index contributed by atoms with van der Waals surface area (Å²) in [5.74, 6) is -0.223. The third kappa shape index (κ3) is 4.14. The minimum atomic E-state index is -4.37. The van der Waals surface area contributed by atoms with Gasteiger partial charge in [-0.25, -0.2) is 4.31 Å². The van der Waals surface area contributed by atoms with Gasteiger partial charge in [0.25, 0.3) is 0 Å². The van der Waals surface area contributed by atoms with Crippen LogP contribution >= 0.6 is 11.9 Å². The van der Waals surface area contributed by atoms with E-state index in [2.05, 4.69) is 9.62 Å². The van der Waals surface area contributed by atoms with Crippen molar-refractivity contribution < 1.29 is 18.0 Å². The number of amides is 1. The molecule has 1 N–H and O–H groups in total. The Morgan fingerprint density at radius 3 is 2.19 bits per heavy atom. The fraction of sp³-hybridized carbons (Fsp3) is 0.500. The number of hydrogen-bond donors (Lipinski definition) is 1. The molecular weight excluding hydrogens is 301 g/mol. The van der Waals surface area contributed by atoms with Crippen LogP contribution in [0.25, 0.3) is 0 Å². The maximum atomic E-state index is 12.5. The zero-order valence-electron chi connectivity index (χ0n) is 11.8. The Balaban J connectivity index is 1.98. The molecule has 2 rings (SSSR count). The van der Waals surface area contributed by atoms with E-state index in [0.717, 1.165) is 31.6 Å². The first kappa shape index (κ1) is 16.2. The SMILES string of the molecule is CC(C)(SN1CCC1)C(=O)Nc1ccc(C(F)(F)F)cc1. The van der Waals surface area contributed by atoms with Crippen molar-refractivity contribution in [3.8, 4) is 0 Å². The highest BCUT2D eigenvalue weighted by atomic mass is 32.2. The van der Waals surface area contributed by atoms with Crippen LogP contribution in [0.15, 0.2) is 24.3 Å². The first-order valence-electron chi connectivity index (χ1n) is 6.61. The van der Waals surface area contributed by atoms with Crippen molar-refractivity contribution in [2.75, 3.05) is 18.4 Å². The van der Waals surface area contributed by atoms with Crippen LogP contribution in [0.5, 0.6) is 0 Å². The van der Waals surface area contributed by atoms with E-state index in [1.165, 1.54) is 24.1 Å². The quantitative estimate of drug-likeness (QED) is 0.858. The molecule has 1 aliphatic rings. The van der Waals surface area contributed by atoms with Gasteiger partial charge < -0.3 is 5.32 Å². The predicted molar refractivity (Wildman–Crippen MR) is 77.9 cm³/mol. The first-order valence-corrected chi connectivity index (χ1v) is 7.38. The van der Waals surface area contributed by atoms with E-state index in [9.17, 15) is 18.0 Å². The Kier molecular flexibility index (Phi) is 4.53. The molecule has 0 unspecified atom stereocenters. The second-order valence-corrected chi connectivity index (χ2v) is 7.13. The minimum absolute atomic E-state index is 0.223. The molecule has 1 aromatic carbocycles. The van der Waals surface area contributed by atoms with Gasteiger partial charge in [-0.05, 0) is 44.5 Å². The number of benzene rings is 1. The molecule has 1 aliphatic heterocycles. The molecule has 1 heterocycles. The fourth-order valence-electron chi connectivity index (χ4n) is 1.77. The normalized spacial score (nSPS) is 16.4. The summed E-state index contributed by atoms with van der Waals surface area (Å²) in [6.07, 6.45) is -3.24. The van der Waals surface area contributed by atoms with Gasteiger partial charge in [-0.15, -0.1) is 0 Å². The Morgan fingerprint density at radius 2 is 1.76 bits per heavy atom. The van der Waals surface area contributed by atoms with Gasteiger partial charge in [0, 0.05) is 18.8 Å². The lowest BCUT2D eigenvalue weighted by atomic mass is 10.1. The van der Waals surface area contributed by atoms with E-state index >= 15 is 0 Å². The van der Waals surface area contributed by atoms with Crippen LogP contribution in [-0.4, -0.2) is 28.0 Å². The number of hydrogen-bond acceptors (Lipinski definition) is 3. The van der Waals surface area contributed by atoms with E-state index in [1.807, 2.05) is 0 Å². The Labute approximate surface area is 126 Å². The first-order chi connectivity index (χ1) is 9.68. The average Bonchev–Trinajstić information content (AvgIpc) is 2.33. The third-order valence-corrected chi connectivity index (χ3v) is 4.45. The van der Waals surface area contributed by atoms with E-state index < -0.39 is 16.5 Å². The molecule has 7 heteroatoms. The van der Waals surface area contributed by atoms with Gasteiger partial charge in [0.05, 0.1) is 5.56 Å².